The van der Waals surface area contributed by atoms with Gasteiger partial charge in [-0.05, 0) is 25.3 Å². The molecule has 6 heteroatoms. The van der Waals surface area contributed by atoms with Crippen molar-refractivity contribution in [3.63, 3.8) is 0 Å². The lowest BCUT2D eigenvalue weighted by Crippen LogP contribution is -2.53. The van der Waals surface area contributed by atoms with Crippen molar-refractivity contribution in [3.8, 4) is 0 Å². The molecule has 5 nitrogen and oxygen atoms in total. The Hall–Kier alpha value is -1.76. The van der Waals surface area contributed by atoms with Gasteiger partial charge in [-0.25, -0.2) is 4.98 Å². The van der Waals surface area contributed by atoms with Crippen molar-refractivity contribution in [1.82, 2.24) is 15.6 Å². The van der Waals surface area contributed by atoms with E-state index in [2.05, 4.69) is 48.5 Å². The summed E-state index contributed by atoms with van der Waals surface area (Å²) >= 11 is 1.42. The molecular weight excluding hydrogens is 332 g/mol. The van der Waals surface area contributed by atoms with Gasteiger partial charge in [-0.1, -0.05) is 44.2 Å². The van der Waals surface area contributed by atoms with Crippen LogP contribution < -0.4 is 16.4 Å². The fraction of sp³-hybridized carbons (Fsp3) is 0.474. The van der Waals surface area contributed by atoms with Crippen molar-refractivity contribution in [2.45, 2.75) is 51.7 Å². The molecule has 1 amide bonds. The molecular formula is C19H28N4OS. The molecule has 0 aliphatic rings. The van der Waals surface area contributed by atoms with Gasteiger partial charge in [0.1, 0.15) is 10.7 Å². The Morgan fingerprint density at radius 2 is 1.96 bits per heavy atom. The minimum atomic E-state index is -0.155. The largest absolute Gasteiger partial charge is 0.349 e. The number of nitrogens with zero attached hydrogens (tertiary/aromatic N) is 1. The molecule has 136 valence electrons. The van der Waals surface area contributed by atoms with Crippen molar-refractivity contribution in [3.05, 3.63) is 52.0 Å². The zero-order valence-corrected chi connectivity index (χ0v) is 16.0. The van der Waals surface area contributed by atoms with Crippen LogP contribution in [0.4, 0.5) is 0 Å². The Kier molecular flexibility index (Phi) is 7.11. The number of carbonyl (C=O) groups excluding carboxylic acids is 1. The number of thiazole rings is 1. The maximum Gasteiger partial charge on any atom is 0.270 e. The molecule has 0 fully saturated rings. The number of nitrogens with two attached hydrogens (primary N) is 1. The van der Waals surface area contributed by atoms with Crippen LogP contribution in [0.1, 0.15) is 60.7 Å². The number of carbonyl (C=O) groups is 1. The second kappa shape index (κ2) is 9.08. The quantitative estimate of drug-likeness (QED) is 0.641. The Balaban J connectivity index is 2.02. The summed E-state index contributed by atoms with van der Waals surface area (Å²) in [5.74, 6) is -0.142. The van der Waals surface area contributed by atoms with Crippen molar-refractivity contribution in [2.75, 3.05) is 6.54 Å². The van der Waals surface area contributed by atoms with Gasteiger partial charge in [0, 0.05) is 30.1 Å². The molecule has 1 aromatic heterocycles. The smallest absolute Gasteiger partial charge is 0.270 e. The van der Waals surface area contributed by atoms with Crippen LogP contribution in [0.15, 0.2) is 35.7 Å². The average Bonchev–Trinajstić information content (AvgIpc) is 3.15. The van der Waals surface area contributed by atoms with Crippen molar-refractivity contribution < 1.29 is 4.79 Å². The Bertz CT molecular complexity index is 667. The second-order valence-corrected chi connectivity index (χ2v) is 7.22. The van der Waals surface area contributed by atoms with Crippen LogP contribution in [-0.2, 0) is 6.54 Å². The number of hydrogen-bond acceptors (Lipinski definition) is 5. The van der Waals surface area contributed by atoms with Gasteiger partial charge in [-0.15, -0.1) is 11.3 Å². The van der Waals surface area contributed by atoms with Crippen LogP contribution in [0.25, 0.3) is 0 Å². The molecule has 0 aliphatic heterocycles. The number of aromatic nitrogens is 1. The highest BCUT2D eigenvalue weighted by molar-refractivity contribution is 7.09. The van der Waals surface area contributed by atoms with Crippen LogP contribution in [0.2, 0.25) is 0 Å². The molecule has 1 aromatic carbocycles. The summed E-state index contributed by atoms with van der Waals surface area (Å²) in [5.41, 5.74) is 7.10. The summed E-state index contributed by atoms with van der Waals surface area (Å²) in [4.78, 5) is 16.6. The summed E-state index contributed by atoms with van der Waals surface area (Å²) in [6, 6.07) is 10.6. The first-order chi connectivity index (χ1) is 12.0. The van der Waals surface area contributed by atoms with Crippen molar-refractivity contribution in [1.29, 1.82) is 0 Å². The first-order valence-electron chi connectivity index (χ1n) is 8.79. The maximum absolute atomic E-state index is 12.4. The van der Waals surface area contributed by atoms with E-state index in [1.807, 2.05) is 18.2 Å². The first kappa shape index (κ1) is 19.6. The predicted molar refractivity (Wildman–Crippen MR) is 104 cm³/mol. The Labute approximate surface area is 154 Å². The van der Waals surface area contributed by atoms with Gasteiger partial charge in [-0.3, -0.25) is 4.79 Å². The molecule has 25 heavy (non-hydrogen) atoms. The van der Waals surface area contributed by atoms with E-state index in [1.54, 1.807) is 5.38 Å². The van der Waals surface area contributed by atoms with Gasteiger partial charge >= 0.3 is 0 Å². The lowest BCUT2D eigenvalue weighted by Gasteiger charge is -2.36. The Morgan fingerprint density at radius 1 is 1.28 bits per heavy atom. The zero-order chi connectivity index (χ0) is 18.3. The molecule has 0 radical (unpaired) electrons. The number of benzene rings is 1. The van der Waals surface area contributed by atoms with Gasteiger partial charge in [0.15, 0.2) is 0 Å². The molecule has 2 rings (SSSR count). The van der Waals surface area contributed by atoms with Gasteiger partial charge in [-0.2, -0.15) is 0 Å². The molecule has 0 spiro atoms. The summed E-state index contributed by atoms with van der Waals surface area (Å²) in [7, 11) is 0. The third-order valence-electron chi connectivity index (χ3n) is 4.72. The van der Waals surface area contributed by atoms with E-state index in [0.29, 0.717) is 18.8 Å². The van der Waals surface area contributed by atoms with Gasteiger partial charge in [0.25, 0.3) is 5.91 Å². The van der Waals surface area contributed by atoms with E-state index in [-0.39, 0.29) is 17.5 Å². The van der Waals surface area contributed by atoms with Gasteiger partial charge in [0.2, 0.25) is 0 Å². The van der Waals surface area contributed by atoms with Gasteiger partial charge in [0.05, 0.1) is 0 Å². The molecule has 0 saturated heterocycles. The monoisotopic (exact) mass is 360 g/mol. The fourth-order valence-electron chi connectivity index (χ4n) is 2.89. The summed E-state index contributed by atoms with van der Waals surface area (Å²) in [6.45, 7) is 7.38. The van der Waals surface area contributed by atoms with Crippen LogP contribution in [0, 0.1) is 0 Å². The maximum atomic E-state index is 12.4. The lowest BCUT2D eigenvalue weighted by atomic mass is 9.90. The molecule has 2 aromatic rings. The normalized spacial score (nSPS) is 12.8. The summed E-state index contributed by atoms with van der Waals surface area (Å²) in [6.07, 6.45) is 1.85. The van der Waals surface area contributed by atoms with E-state index in [4.69, 9.17) is 5.73 Å². The molecule has 0 saturated carbocycles. The highest BCUT2D eigenvalue weighted by atomic mass is 32.1. The van der Waals surface area contributed by atoms with Crippen LogP contribution in [0.5, 0.6) is 0 Å². The number of amides is 1. The van der Waals surface area contributed by atoms with Crippen LogP contribution in [0.3, 0.4) is 0 Å². The number of rotatable bonds is 9. The molecule has 1 atom stereocenters. The molecule has 0 aliphatic carbocycles. The second-order valence-electron chi connectivity index (χ2n) is 6.28. The van der Waals surface area contributed by atoms with Gasteiger partial charge < -0.3 is 16.4 Å². The van der Waals surface area contributed by atoms with Crippen molar-refractivity contribution in [2.24, 2.45) is 5.73 Å². The van der Waals surface area contributed by atoms with E-state index >= 15 is 0 Å². The van der Waals surface area contributed by atoms with E-state index in [9.17, 15) is 4.79 Å². The SMILES string of the molecule is CCC(CC)(CNC(=O)c1csc(CN)n1)NC(C)c1ccccc1. The third kappa shape index (κ3) is 5.11. The van der Waals surface area contributed by atoms with Crippen LogP contribution in [-0.4, -0.2) is 23.0 Å². The lowest BCUT2D eigenvalue weighted by molar-refractivity contribution is 0.0929. The highest BCUT2D eigenvalue weighted by Gasteiger charge is 2.29. The standard InChI is InChI=1S/C19H28N4OS/c1-4-19(5-2,23-14(3)15-9-7-6-8-10-15)13-21-18(24)16-12-25-17(11-20)22-16/h6-10,12,14,23H,4-5,11,13,20H2,1-3H3,(H,21,24). The number of nitrogens with one attached hydrogen (secondary N) is 2. The zero-order valence-electron chi connectivity index (χ0n) is 15.2. The summed E-state index contributed by atoms with van der Waals surface area (Å²) in [5, 5.41) is 9.29. The fourth-order valence-corrected chi connectivity index (χ4v) is 3.54. The first-order valence-corrected chi connectivity index (χ1v) is 9.67. The van der Waals surface area contributed by atoms with E-state index < -0.39 is 0 Å². The minimum absolute atomic E-state index is 0.142. The number of hydrogen-bond donors (Lipinski definition) is 3. The minimum Gasteiger partial charge on any atom is -0.349 e. The van der Waals surface area contributed by atoms with E-state index in [0.717, 1.165) is 17.8 Å². The van der Waals surface area contributed by atoms with Crippen LogP contribution >= 0.6 is 11.3 Å². The Morgan fingerprint density at radius 3 is 2.52 bits per heavy atom. The van der Waals surface area contributed by atoms with E-state index in [1.165, 1.54) is 16.9 Å². The molecule has 4 N–H and O–H groups in total. The topological polar surface area (TPSA) is 80.0 Å². The third-order valence-corrected chi connectivity index (χ3v) is 5.59. The average molecular weight is 361 g/mol. The molecule has 0 bridgehead atoms. The molecule has 1 heterocycles. The highest BCUT2D eigenvalue weighted by Crippen LogP contribution is 2.21. The van der Waals surface area contributed by atoms with Crippen molar-refractivity contribution >= 4 is 17.2 Å². The summed E-state index contributed by atoms with van der Waals surface area (Å²) < 4.78 is 0. The molecule has 1 unspecified atom stereocenters. The predicted octanol–water partition coefficient (Wildman–Crippen LogP) is 3.24.